The predicted molar refractivity (Wildman–Crippen MR) is 77.7 cm³/mol. The highest BCUT2D eigenvalue weighted by Crippen LogP contribution is 2.33. The molecule has 0 aromatic heterocycles. The molecule has 0 N–H and O–H groups in total. The van der Waals surface area contributed by atoms with E-state index in [1.54, 1.807) is 0 Å². The Labute approximate surface area is 119 Å². The van der Waals surface area contributed by atoms with E-state index >= 15 is 0 Å². The summed E-state index contributed by atoms with van der Waals surface area (Å²) >= 11 is 12.1. The predicted octanol–water partition coefficient (Wildman–Crippen LogP) is 5.43. The van der Waals surface area contributed by atoms with E-state index in [0.29, 0.717) is 17.0 Å². The van der Waals surface area contributed by atoms with Crippen LogP contribution in [-0.2, 0) is 5.88 Å². The van der Waals surface area contributed by atoms with E-state index in [9.17, 15) is 0 Å². The van der Waals surface area contributed by atoms with Crippen LogP contribution < -0.4 is 4.74 Å². The summed E-state index contributed by atoms with van der Waals surface area (Å²) in [6, 6.07) is 5.76. The summed E-state index contributed by atoms with van der Waals surface area (Å²) < 4.78 is 6.12. The first-order valence-electron chi connectivity index (χ1n) is 6.74. The van der Waals surface area contributed by atoms with Crippen LogP contribution in [0.15, 0.2) is 18.2 Å². The Balaban J connectivity index is 2.07. The maximum absolute atomic E-state index is 6.14. The van der Waals surface area contributed by atoms with Gasteiger partial charge in [0.1, 0.15) is 5.75 Å². The normalized spacial score (nSPS) is 23.9. The highest BCUT2D eigenvalue weighted by Gasteiger charge is 2.23. The molecule has 0 amide bonds. The molecule has 1 fully saturated rings. The van der Waals surface area contributed by atoms with Gasteiger partial charge in [0.25, 0.3) is 0 Å². The zero-order valence-electron chi connectivity index (χ0n) is 10.8. The number of hydrogen-bond donors (Lipinski definition) is 0. The molecule has 2 rings (SSSR count). The van der Waals surface area contributed by atoms with E-state index < -0.39 is 0 Å². The van der Waals surface area contributed by atoms with Gasteiger partial charge in [-0.05, 0) is 37.3 Å². The fourth-order valence-corrected chi connectivity index (χ4v) is 3.25. The van der Waals surface area contributed by atoms with Gasteiger partial charge in [-0.1, -0.05) is 37.4 Å². The number of halogens is 2. The maximum atomic E-state index is 6.14. The molecule has 0 bridgehead atoms. The third kappa shape index (κ3) is 3.33. The quantitative estimate of drug-likeness (QED) is 0.671. The molecule has 3 heteroatoms. The Kier molecular flexibility index (Phi) is 5.20. The molecule has 0 aliphatic heterocycles. The van der Waals surface area contributed by atoms with Crippen LogP contribution >= 0.6 is 23.2 Å². The van der Waals surface area contributed by atoms with Crippen molar-refractivity contribution in [3.05, 3.63) is 28.8 Å². The van der Waals surface area contributed by atoms with Crippen molar-refractivity contribution in [3.8, 4) is 5.75 Å². The van der Waals surface area contributed by atoms with E-state index in [2.05, 4.69) is 6.92 Å². The molecule has 0 saturated heterocycles. The lowest BCUT2D eigenvalue weighted by atomic mass is 9.85. The van der Waals surface area contributed by atoms with Crippen LogP contribution in [0.3, 0.4) is 0 Å². The minimum absolute atomic E-state index is 0.323. The van der Waals surface area contributed by atoms with Gasteiger partial charge in [0, 0.05) is 10.6 Å². The molecule has 2 unspecified atom stereocenters. The third-order valence-electron chi connectivity index (χ3n) is 3.82. The Morgan fingerprint density at radius 3 is 2.89 bits per heavy atom. The van der Waals surface area contributed by atoms with Gasteiger partial charge >= 0.3 is 0 Å². The summed E-state index contributed by atoms with van der Waals surface area (Å²) in [4.78, 5) is 0. The molecular formula is C15H20Cl2O. The van der Waals surface area contributed by atoms with E-state index in [-0.39, 0.29) is 0 Å². The molecule has 1 nitrogen and oxygen atoms in total. The molecule has 1 aromatic rings. The Hall–Kier alpha value is -0.400. The van der Waals surface area contributed by atoms with Gasteiger partial charge in [0.05, 0.1) is 12.0 Å². The average Bonchev–Trinajstić information content (AvgIpc) is 2.39. The Morgan fingerprint density at radius 2 is 2.17 bits per heavy atom. The summed E-state index contributed by atoms with van der Waals surface area (Å²) in [6.45, 7) is 2.26. The van der Waals surface area contributed by atoms with Crippen LogP contribution in [0.25, 0.3) is 0 Å². The molecule has 2 atom stereocenters. The number of rotatable bonds is 4. The number of alkyl halides is 1. The molecule has 1 saturated carbocycles. The van der Waals surface area contributed by atoms with Gasteiger partial charge in [-0.25, -0.2) is 0 Å². The SMILES string of the molecule is CCC1CCCC(Oc2cccc(Cl)c2CCl)C1. The van der Waals surface area contributed by atoms with Crippen molar-refractivity contribution in [2.75, 3.05) is 0 Å². The minimum atomic E-state index is 0.323. The smallest absolute Gasteiger partial charge is 0.125 e. The zero-order valence-corrected chi connectivity index (χ0v) is 12.3. The van der Waals surface area contributed by atoms with E-state index in [0.717, 1.165) is 30.1 Å². The van der Waals surface area contributed by atoms with E-state index in [1.807, 2.05) is 18.2 Å². The first kappa shape index (κ1) is 14.0. The standard InChI is InChI=1S/C15H20Cl2O/c1-2-11-5-3-6-12(9-11)18-15-8-4-7-14(17)13(15)10-16/h4,7-8,11-12H,2-3,5-6,9-10H2,1H3. The lowest BCUT2D eigenvalue weighted by Crippen LogP contribution is -2.25. The highest BCUT2D eigenvalue weighted by molar-refractivity contribution is 6.32. The van der Waals surface area contributed by atoms with Gasteiger partial charge < -0.3 is 4.74 Å². The van der Waals surface area contributed by atoms with Gasteiger partial charge in [0.2, 0.25) is 0 Å². The first-order valence-corrected chi connectivity index (χ1v) is 7.65. The van der Waals surface area contributed by atoms with Gasteiger partial charge in [-0.3, -0.25) is 0 Å². The minimum Gasteiger partial charge on any atom is -0.490 e. The monoisotopic (exact) mass is 286 g/mol. The highest BCUT2D eigenvalue weighted by atomic mass is 35.5. The molecule has 1 aliphatic carbocycles. The lowest BCUT2D eigenvalue weighted by Gasteiger charge is -2.29. The maximum Gasteiger partial charge on any atom is 0.125 e. The second-order valence-corrected chi connectivity index (χ2v) is 5.71. The van der Waals surface area contributed by atoms with Crippen molar-refractivity contribution in [1.82, 2.24) is 0 Å². The summed E-state index contributed by atoms with van der Waals surface area (Å²) in [5.74, 6) is 2.07. The van der Waals surface area contributed by atoms with Crippen LogP contribution in [0.4, 0.5) is 0 Å². The number of benzene rings is 1. The van der Waals surface area contributed by atoms with E-state index in [1.165, 1.54) is 19.3 Å². The molecule has 1 aromatic carbocycles. The van der Waals surface area contributed by atoms with Crippen LogP contribution in [0, 0.1) is 5.92 Å². The van der Waals surface area contributed by atoms with Crippen molar-refractivity contribution in [2.24, 2.45) is 5.92 Å². The van der Waals surface area contributed by atoms with E-state index in [4.69, 9.17) is 27.9 Å². The van der Waals surface area contributed by atoms with Crippen molar-refractivity contribution >= 4 is 23.2 Å². The van der Waals surface area contributed by atoms with Crippen molar-refractivity contribution < 1.29 is 4.74 Å². The number of ether oxygens (including phenoxy) is 1. The molecule has 18 heavy (non-hydrogen) atoms. The first-order chi connectivity index (χ1) is 8.74. The van der Waals surface area contributed by atoms with Crippen molar-refractivity contribution in [1.29, 1.82) is 0 Å². The van der Waals surface area contributed by atoms with Crippen LogP contribution in [0.1, 0.15) is 44.6 Å². The Bertz CT molecular complexity index is 392. The number of hydrogen-bond acceptors (Lipinski definition) is 1. The molecular weight excluding hydrogens is 267 g/mol. The fraction of sp³-hybridized carbons (Fsp3) is 0.600. The van der Waals surface area contributed by atoms with Gasteiger partial charge in [0.15, 0.2) is 0 Å². The van der Waals surface area contributed by atoms with Gasteiger partial charge in [-0.2, -0.15) is 0 Å². The van der Waals surface area contributed by atoms with Crippen molar-refractivity contribution in [2.45, 2.75) is 51.0 Å². The lowest BCUT2D eigenvalue weighted by molar-refractivity contribution is 0.121. The third-order valence-corrected chi connectivity index (χ3v) is 4.44. The molecule has 0 heterocycles. The van der Waals surface area contributed by atoms with Crippen LogP contribution in [0.5, 0.6) is 5.75 Å². The van der Waals surface area contributed by atoms with Crippen LogP contribution in [-0.4, -0.2) is 6.10 Å². The fourth-order valence-electron chi connectivity index (χ4n) is 2.68. The second kappa shape index (κ2) is 6.68. The summed E-state index contributed by atoms with van der Waals surface area (Å²) in [5, 5.41) is 0.699. The summed E-state index contributed by atoms with van der Waals surface area (Å²) in [6.07, 6.45) is 6.48. The van der Waals surface area contributed by atoms with Crippen LogP contribution in [0.2, 0.25) is 5.02 Å². The topological polar surface area (TPSA) is 9.23 Å². The second-order valence-electron chi connectivity index (χ2n) is 5.03. The molecule has 1 aliphatic rings. The molecule has 0 spiro atoms. The largest absolute Gasteiger partial charge is 0.490 e. The average molecular weight is 287 g/mol. The van der Waals surface area contributed by atoms with Gasteiger partial charge in [-0.15, -0.1) is 11.6 Å². The summed E-state index contributed by atoms with van der Waals surface area (Å²) in [5.41, 5.74) is 0.916. The van der Waals surface area contributed by atoms with Crippen molar-refractivity contribution in [3.63, 3.8) is 0 Å². The Morgan fingerprint density at radius 1 is 1.33 bits per heavy atom. The molecule has 100 valence electrons. The summed E-state index contributed by atoms with van der Waals surface area (Å²) in [7, 11) is 0. The zero-order chi connectivity index (χ0) is 13.0. The molecule has 0 radical (unpaired) electrons.